The molecule has 1 aliphatic heterocycles. The quantitative estimate of drug-likeness (QED) is 0.833. The van der Waals surface area contributed by atoms with Crippen LogP contribution >= 0.6 is 0 Å². The summed E-state index contributed by atoms with van der Waals surface area (Å²) in [6, 6.07) is 1.85. The van der Waals surface area contributed by atoms with Crippen LogP contribution in [0.4, 0.5) is 0 Å². The molecule has 1 aromatic rings. The maximum atomic E-state index is 12.9. The lowest BCUT2D eigenvalue weighted by Gasteiger charge is -2.26. The molecular formula is C15H22N4O3. The van der Waals surface area contributed by atoms with Gasteiger partial charge in [-0.2, -0.15) is 5.10 Å². The fourth-order valence-electron chi connectivity index (χ4n) is 3.09. The lowest BCUT2D eigenvalue weighted by Crippen LogP contribution is -2.43. The van der Waals surface area contributed by atoms with Gasteiger partial charge in [-0.05, 0) is 18.9 Å². The summed E-state index contributed by atoms with van der Waals surface area (Å²) in [7, 11) is 0. The Kier molecular flexibility index (Phi) is 3.90. The average Bonchev–Trinajstić information content (AvgIpc) is 3.13. The molecule has 1 saturated carbocycles. The van der Waals surface area contributed by atoms with Crippen LogP contribution in [0.25, 0.3) is 0 Å². The maximum Gasteiger partial charge on any atom is 0.230 e. The van der Waals surface area contributed by atoms with E-state index >= 15 is 0 Å². The predicted octanol–water partition coefficient (Wildman–Crippen LogP) is -0.285. The van der Waals surface area contributed by atoms with Crippen molar-refractivity contribution in [1.29, 1.82) is 0 Å². The SMILES string of the molecule is CC(=O)N1CCN(C(=O)C2(Cn3cccn3)CC2)C[C@@H](O)C1. The van der Waals surface area contributed by atoms with Crippen LogP contribution in [0.1, 0.15) is 19.8 Å². The molecule has 0 spiro atoms. The van der Waals surface area contributed by atoms with E-state index in [1.807, 2.05) is 12.3 Å². The van der Waals surface area contributed by atoms with Crippen LogP contribution < -0.4 is 0 Å². The molecule has 0 bridgehead atoms. The monoisotopic (exact) mass is 306 g/mol. The summed E-state index contributed by atoms with van der Waals surface area (Å²) < 4.78 is 1.79. The molecule has 1 atom stereocenters. The number of aliphatic hydroxyl groups is 1. The second-order valence-electron chi connectivity index (χ2n) is 6.35. The highest BCUT2D eigenvalue weighted by Crippen LogP contribution is 2.48. The predicted molar refractivity (Wildman–Crippen MR) is 78.7 cm³/mol. The van der Waals surface area contributed by atoms with Crippen LogP contribution in [-0.2, 0) is 16.1 Å². The van der Waals surface area contributed by atoms with Gasteiger partial charge in [0, 0.05) is 45.5 Å². The molecule has 22 heavy (non-hydrogen) atoms. The van der Waals surface area contributed by atoms with Gasteiger partial charge < -0.3 is 14.9 Å². The number of carbonyl (C=O) groups is 2. The van der Waals surface area contributed by atoms with Gasteiger partial charge in [0.05, 0.1) is 18.1 Å². The molecule has 1 saturated heterocycles. The fourth-order valence-corrected chi connectivity index (χ4v) is 3.09. The molecular weight excluding hydrogens is 284 g/mol. The minimum absolute atomic E-state index is 0.0639. The smallest absolute Gasteiger partial charge is 0.230 e. The van der Waals surface area contributed by atoms with E-state index in [9.17, 15) is 14.7 Å². The maximum absolute atomic E-state index is 12.9. The van der Waals surface area contributed by atoms with Crippen molar-refractivity contribution in [2.45, 2.75) is 32.4 Å². The first kappa shape index (κ1) is 15.0. The Balaban J connectivity index is 1.68. The first-order valence-corrected chi connectivity index (χ1v) is 7.71. The first-order chi connectivity index (χ1) is 10.5. The van der Waals surface area contributed by atoms with E-state index in [2.05, 4.69) is 5.10 Å². The third-order valence-electron chi connectivity index (χ3n) is 4.57. The zero-order chi connectivity index (χ0) is 15.7. The van der Waals surface area contributed by atoms with Crippen molar-refractivity contribution in [2.75, 3.05) is 26.2 Å². The van der Waals surface area contributed by atoms with E-state index in [4.69, 9.17) is 0 Å². The Labute approximate surface area is 129 Å². The highest BCUT2D eigenvalue weighted by atomic mass is 16.3. The van der Waals surface area contributed by atoms with Gasteiger partial charge >= 0.3 is 0 Å². The van der Waals surface area contributed by atoms with Crippen molar-refractivity contribution in [3.05, 3.63) is 18.5 Å². The van der Waals surface area contributed by atoms with Gasteiger partial charge in [0.2, 0.25) is 11.8 Å². The average molecular weight is 306 g/mol. The number of nitrogens with zero attached hydrogens (tertiary/aromatic N) is 4. The lowest BCUT2D eigenvalue weighted by molar-refractivity contribution is -0.138. The first-order valence-electron chi connectivity index (χ1n) is 7.71. The molecule has 3 rings (SSSR count). The number of rotatable bonds is 3. The summed E-state index contributed by atoms with van der Waals surface area (Å²) >= 11 is 0. The Morgan fingerprint density at radius 3 is 2.55 bits per heavy atom. The molecule has 0 radical (unpaired) electrons. The number of β-amino-alcohol motifs (C(OH)–C–C–N with tert-alkyl or cyclic N) is 1. The molecule has 120 valence electrons. The van der Waals surface area contributed by atoms with Crippen LogP contribution in [0, 0.1) is 5.41 Å². The minimum Gasteiger partial charge on any atom is -0.389 e. The van der Waals surface area contributed by atoms with Crippen molar-refractivity contribution in [3.8, 4) is 0 Å². The van der Waals surface area contributed by atoms with Gasteiger partial charge in [0.25, 0.3) is 0 Å². The number of hydrogen-bond donors (Lipinski definition) is 1. The summed E-state index contributed by atoms with van der Waals surface area (Å²) in [6.07, 6.45) is 4.60. The summed E-state index contributed by atoms with van der Waals surface area (Å²) in [5, 5.41) is 14.2. The van der Waals surface area contributed by atoms with E-state index in [0.717, 1.165) is 12.8 Å². The zero-order valence-electron chi connectivity index (χ0n) is 12.8. The molecule has 0 aromatic carbocycles. The molecule has 2 aliphatic rings. The third kappa shape index (κ3) is 2.99. The van der Waals surface area contributed by atoms with E-state index in [1.54, 1.807) is 20.7 Å². The van der Waals surface area contributed by atoms with Crippen molar-refractivity contribution in [3.63, 3.8) is 0 Å². The van der Waals surface area contributed by atoms with E-state index < -0.39 is 6.10 Å². The van der Waals surface area contributed by atoms with Gasteiger partial charge in [-0.1, -0.05) is 0 Å². The highest BCUT2D eigenvalue weighted by Gasteiger charge is 2.52. The van der Waals surface area contributed by atoms with Crippen molar-refractivity contribution in [2.24, 2.45) is 5.41 Å². The molecule has 1 N–H and O–H groups in total. The summed E-state index contributed by atoms with van der Waals surface area (Å²) in [5.74, 6) is 0.0125. The van der Waals surface area contributed by atoms with Crippen LogP contribution in [0.2, 0.25) is 0 Å². The van der Waals surface area contributed by atoms with Crippen LogP contribution in [0.5, 0.6) is 0 Å². The summed E-state index contributed by atoms with van der Waals surface area (Å²) in [6.45, 7) is 3.63. The number of amides is 2. The molecule has 0 unspecified atom stereocenters. The normalized spacial score (nSPS) is 24.0. The van der Waals surface area contributed by atoms with Crippen molar-refractivity contribution < 1.29 is 14.7 Å². The molecule has 2 amide bonds. The molecule has 7 nitrogen and oxygen atoms in total. The molecule has 1 aromatic heterocycles. The topological polar surface area (TPSA) is 78.7 Å². The fraction of sp³-hybridized carbons (Fsp3) is 0.667. The largest absolute Gasteiger partial charge is 0.389 e. The van der Waals surface area contributed by atoms with Gasteiger partial charge in [-0.25, -0.2) is 0 Å². The second kappa shape index (κ2) is 5.72. The van der Waals surface area contributed by atoms with E-state index in [1.165, 1.54) is 6.92 Å². The minimum atomic E-state index is -0.684. The van der Waals surface area contributed by atoms with E-state index in [-0.39, 0.29) is 17.2 Å². The molecule has 2 fully saturated rings. The van der Waals surface area contributed by atoms with Crippen LogP contribution in [0.15, 0.2) is 18.5 Å². The Morgan fingerprint density at radius 2 is 1.95 bits per heavy atom. The van der Waals surface area contributed by atoms with Crippen LogP contribution in [-0.4, -0.2) is 68.8 Å². The number of hydrogen-bond acceptors (Lipinski definition) is 4. The van der Waals surface area contributed by atoms with Crippen molar-refractivity contribution in [1.82, 2.24) is 19.6 Å². The Bertz CT molecular complexity index is 553. The van der Waals surface area contributed by atoms with E-state index in [0.29, 0.717) is 32.7 Å². The summed E-state index contributed by atoms with van der Waals surface area (Å²) in [5.41, 5.74) is -0.378. The Morgan fingerprint density at radius 1 is 1.27 bits per heavy atom. The standard InChI is InChI=1S/C15H22N4O3/c1-12(20)17-7-8-18(10-13(21)9-17)14(22)15(3-4-15)11-19-6-2-5-16-19/h2,5-6,13,21H,3-4,7-11H2,1H3/t13-/m0/s1. The lowest BCUT2D eigenvalue weighted by atomic mass is 10.1. The third-order valence-corrected chi connectivity index (χ3v) is 4.57. The molecule has 2 heterocycles. The van der Waals surface area contributed by atoms with Gasteiger partial charge in [0.1, 0.15) is 0 Å². The molecule has 7 heteroatoms. The van der Waals surface area contributed by atoms with Gasteiger partial charge in [-0.3, -0.25) is 14.3 Å². The number of carbonyl (C=O) groups excluding carboxylic acids is 2. The summed E-state index contributed by atoms with van der Waals surface area (Å²) in [4.78, 5) is 27.7. The van der Waals surface area contributed by atoms with Crippen molar-refractivity contribution >= 4 is 11.8 Å². The zero-order valence-corrected chi connectivity index (χ0v) is 12.8. The van der Waals surface area contributed by atoms with Gasteiger partial charge in [-0.15, -0.1) is 0 Å². The number of aromatic nitrogens is 2. The van der Waals surface area contributed by atoms with Crippen LogP contribution in [0.3, 0.4) is 0 Å². The van der Waals surface area contributed by atoms with Gasteiger partial charge in [0.15, 0.2) is 0 Å². The highest BCUT2D eigenvalue weighted by molar-refractivity contribution is 5.85. The second-order valence-corrected chi connectivity index (χ2v) is 6.35. The number of aliphatic hydroxyl groups excluding tert-OH is 1. The molecule has 1 aliphatic carbocycles. The Hall–Kier alpha value is -1.89.